The van der Waals surface area contributed by atoms with Crippen LogP contribution in [0.25, 0.3) is 0 Å². The Hall–Kier alpha value is -2.24. The van der Waals surface area contributed by atoms with Crippen molar-refractivity contribution in [3.8, 4) is 0 Å². The molecule has 2 bridgehead atoms. The molecule has 1 amide bonds. The van der Waals surface area contributed by atoms with E-state index in [0.717, 1.165) is 0 Å². The van der Waals surface area contributed by atoms with Crippen LogP contribution in [0.2, 0.25) is 0 Å². The smallest absolute Gasteiger partial charge is 0.410 e. The SMILES string of the molecule is CCN(CC)C(=O)O[C@@]1(C(=O)c2ccccc2)[C@H]2C=C[C@H](C2)C1(F)F. The van der Waals surface area contributed by atoms with Crippen molar-refractivity contribution in [1.29, 1.82) is 0 Å². The Labute approximate surface area is 145 Å². The standard InChI is InChI=1S/C19H21F2NO3/c1-3-22(4-2)17(24)25-18(16(23)13-8-6-5-7-9-13)14-10-11-15(12-14)19(18,20)21/h5-11,14-15H,3-4,12H2,1-2H3/t14-,15+,18+/m0/s1. The van der Waals surface area contributed by atoms with Crippen LogP contribution in [0.4, 0.5) is 13.6 Å². The second-order valence-electron chi connectivity index (χ2n) is 6.43. The summed E-state index contributed by atoms with van der Waals surface area (Å²) in [7, 11) is 0. The summed E-state index contributed by atoms with van der Waals surface area (Å²) in [5.41, 5.74) is -2.36. The van der Waals surface area contributed by atoms with E-state index in [9.17, 15) is 9.59 Å². The lowest BCUT2D eigenvalue weighted by atomic mass is 9.78. The van der Waals surface area contributed by atoms with Gasteiger partial charge in [0.1, 0.15) is 0 Å². The zero-order chi connectivity index (χ0) is 18.2. The Morgan fingerprint density at radius 1 is 1.12 bits per heavy atom. The predicted molar refractivity (Wildman–Crippen MR) is 88.6 cm³/mol. The molecule has 1 aromatic carbocycles. The van der Waals surface area contributed by atoms with Gasteiger partial charge in [-0.25, -0.2) is 13.6 Å². The van der Waals surface area contributed by atoms with Crippen molar-refractivity contribution in [3.63, 3.8) is 0 Å². The minimum absolute atomic E-state index is 0.108. The Kier molecular flexibility index (Phi) is 4.39. The van der Waals surface area contributed by atoms with Gasteiger partial charge in [-0.3, -0.25) is 4.79 Å². The Bertz CT molecular complexity index is 700. The number of Topliss-reactive ketones (excluding diaryl/α,β-unsaturated/α-hetero) is 1. The second kappa shape index (κ2) is 6.24. The molecule has 3 atom stereocenters. The summed E-state index contributed by atoms with van der Waals surface area (Å²) in [5.74, 6) is -6.19. The van der Waals surface area contributed by atoms with Crippen LogP contribution in [0.5, 0.6) is 0 Å². The maximum Gasteiger partial charge on any atom is 0.410 e. The lowest BCUT2D eigenvalue weighted by Crippen LogP contribution is -2.61. The number of carbonyl (C=O) groups excluding carboxylic acids is 2. The minimum atomic E-state index is -3.44. The van der Waals surface area contributed by atoms with Crippen molar-refractivity contribution >= 4 is 11.9 Å². The van der Waals surface area contributed by atoms with Gasteiger partial charge in [0, 0.05) is 30.5 Å². The number of ether oxygens (including phenoxy) is 1. The first-order valence-electron chi connectivity index (χ1n) is 8.52. The van der Waals surface area contributed by atoms with Crippen molar-refractivity contribution in [1.82, 2.24) is 4.90 Å². The molecular formula is C19H21F2NO3. The highest BCUT2D eigenvalue weighted by atomic mass is 19.3. The Balaban J connectivity index is 2.06. The summed E-state index contributed by atoms with van der Waals surface area (Å²) < 4.78 is 35.7. The number of fused-ring (bicyclic) bond motifs is 2. The van der Waals surface area contributed by atoms with Crippen molar-refractivity contribution < 1.29 is 23.1 Å². The van der Waals surface area contributed by atoms with Gasteiger partial charge in [0.2, 0.25) is 11.4 Å². The largest absolute Gasteiger partial charge is 0.427 e. The first-order valence-corrected chi connectivity index (χ1v) is 8.52. The van der Waals surface area contributed by atoms with E-state index >= 15 is 8.78 Å². The number of carbonyl (C=O) groups is 2. The third-order valence-electron chi connectivity index (χ3n) is 5.21. The molecule has 1 aromatic rings. The highest BCUT2D eigenvalue weighted by Crippen LogP contribution is 2.59. The summed E-state index contributed by atoms with van der Waals surface area (Å²) in [4.78, 5) is 26.9. The summed E-state index contributed by atoms with van der Waals surface area (Å²) in [6.45, 7) is 4.10. The number of rotatable bonds is 5. The van der Waals surface area contributed by atoms with Crippen LogP contribution >= 0.6 is 0 Å². The first kappa shape index (κ1) is 17.6. The third-order valence-corrected chi connectivity index (χ3v) is 5.21. The molecule has 0 aliphatic heterocycles. The highest BCUT2D eigenvalue weighted by molar-refractivity contribution is 6.05. The van der Waals surface area contributed by atoms with E-state index in [-0.39, 0.29) is 12.0 Å². The van der Waals surface area contributed by atoms with Gasteiger partial charge >= 0.3 is 12.0 Å². The number of halogens is 2. The average molecular weight is 349 g/mol. The summed E-state index contributed by atoms with van der Waals surface area (Å²) >= 11 is 0. The summed E-state index contributed by atoms with van der Waals surface area (Å²) in [6.07, 6.45) is 2.23. The maximum absolute atomic E-state index is 15.2. The summed E-state index contributed by atoms with van der Waals surface area (Å²) in [5, 5.41) is 0. The minimum Gasteiger partial charge on any atom is -0.427 e. The molecule has 0 spiro atoms. The van der Waals surface area contributed by atoms with Crippen LogP contribution in [-0.2, 0) is 4.74 Å². The number of allylic oxidation sites excluding steroid dienone is 1. The lowest BCUT2D eigenvalue weighted by Gasteiger charge is -2.40. The van der Waals surface area contributed by atoms with Crippen LogP contribution in [0, 0.1) is 11.8 Å². The van der Waals surface area contributed by atoms with E-state index < -0.39 is 35.2 Å². The van der Waals surface area contributed by atoms with Gasteiger partial charge in [0.25, 0.3) is 0 Å². The molecule has 2 aliphatic carbocycles. The molecule has 0 unspecified atom stereocenters. The van der Waals surface area contributed by atoms with Gasteiger partial charge in [0.05, 0.1) is 0 Å². The van der Waals surface area contributed by atoms with E-state index in [2.05, 4.69) is 0 Å². The number of amides is 1. The molecule has 25 heavy (non-hydrogen) atoms. The van der Waals surface area contributed by atoms with Crippen LogP contribution in [0.15, 0.2) is 42.5 Å². The predicted octanol–water partition coefficient (Wildman–Crippen LogP) is 3.93. The number of hydrogen-bond donors (Lipinski definition) is 0. The zero-order valence-corrected chi connectivity index (χ0v) is 14.2. The van der Waals surface area contributed by atoms with Crippen LogP contribution < -0.4 is 0 Å². The number of hydrogen-bond acceptors (Lipinski definition) is 3. The zero-order valence-electron chi connectivity index (χ0n) is 14.2. The molecule has 0 radical (unpaired) electrons. The molecule has 1 saturated carbocycles. The Morgan fingerprint density at radius 3 is 2.24 bits per heavy atom. The van der Waals surface area contributed by atoms with Crippen molar-refractivity contribution in [2.24, 2.45) is 11.8 Å². The van der Waals surface area contributed by atoms with Gasteiger partial charge < -0.3 is 9.64 Å². The highest BCUT2D eigenvalue weighted by Gasteiger charge is 2.75. The van der Waals surface area contributed by atoms with Gasteiger partial charge in [-0.05, 0) is 20.3 Å². The van der Waals surface area contributed by atoms with Crippen LogP contribution in [0.1, 0.15) is 30.6 Å². The molecule has 2 aliphatic rings. The number of alkyl halides is 2. The average Bonchev–Trinajstić information content (AvgIpc) is 3.17. The molecular weight excluding hydrogens is 328 g/mol. The van der Waals surface area contributed by atoms with Crippen molar-refractivity contribution in [3.05, 3.63) is 48.0 Å². The summed E-state index contributed by atoms with van der Waals surface area (Å²) in [6, 6.07) is 7.86. The molecule has 0 heterocycles. The van der Waals surface area contributed by atoms with Crippen LogP contribution in [-0.4, -0.2) is 41.4 Å². The molecule has 0 N–H and O–H groups in total. The fourth-order valence-corrected chi connectivity index (χ4v) is 3.79. The molecule has 3 rings (SSSR count). The molecule has 134 valence electrons. The van der Waals surface area contributed by atoms with E-state index in [1.165, 1.54) is 23.1 Å². The molecule has 4 nitrogen and oxygen atoms in total. The number of benzene rings is 1. The molecule has 0 saturated heterocycles. The van der Waals surface area contributed by atoms with Crippen molar-refractivity contribution in [2.75, 3.05) is 13.1 Å². The second-order valence-corrected chi connectivity index (χ2v) is 6.43. The van der Waals surface area contributed by atoms with E-state index in [1.54, 1.807) is 38.1 Å². The van der Waals surface area contributed by atoms with Gasteiger partial charge in [-0.15, -0.1) is 0 Å². The molecule has 0 aromatic heterocycles. The van der Waals surface area contributed by atoms with Gasteiger partial charge in [-0.2, -0.15) is 0 Å². The van der Waals surface area contributed by atoms with Crippen LogP contribution in [0.3, 0.4) is 0 Å². The molecule has 1 fully saturated rings. The van der Waals surface area contributed by atoms with Crippen molar-refractivity contribution in [2.45, 2.75) is 31.8 Å². The van der Waals surface area contributed by atoms with E-state index in [0.29, 0.717) is 13.1 Å². The lowest BCUT2D eigenvalue weighted by molar-refractivity contribution is -0.164. The quantitative estimate of drug-likeness (QED) is 0.598. The molecule has 6 heteroatoms. The fraction of sp³-hybridized carbons (Fsp3) is 0.474. The van der Waals surface area contributed by atoms with E-state index in [1.807, 2.05) is 0 Å². The Morgan fingerprint density at radius 2 is 1.72 bits per heavy atom. The first-order chi connectivity index (χ1) is 11.9. The van der Waals surface area contributed by atoms with Gasteiger partial charge in [0.15, 0.2) is 0 Å². The maximum atomic E-state index is 15.2. The van der Waals surface area contributed by atoms with E-state index in [4.69, 9.17) is 4.74 Å². The monoisotopic (exact) mass is 349 g/mol. The number of nitrogens with zero attached hydrogens (tertiary/aromatic N) is 1. The fourth-order valence-electron chi connectivity index (χ4n) is 3.79. The topological polar surface area (TPSA) is 46.6 Å². The number of ketones is 1. The normalized spacial score (nSPS) is 28.8. The third kappa shape index (κ3) is 2.46. The van der Waals surface area contributed by atoms with Gasteiger partial charge in [-0.1, -0.05) is 42.5 Å².